The summed E-state index contributed by atoms with van der Waals surface area (Å²) in [4.78, 5) is 74.6. The maximum absolute atomic E-state index is 13.4. The van der Waals surface area contributed by atoms with Gasteiger partial charge in [-0.3, -0.25) is 19.2 Å². The first-order valence-electron chi connectivity index (χ1n) is 14.2. The molecule has 15 heteroatoms. The molecule has 1 fully saturated rings. The van der Waals surface area contributed by atoms with Gasteiger partial charge in [0.2, 0.25) is 17.7 Å². The number of aromatic nitrogens is 2. The largest absolute Gasteiger partial charge is 0.447 e. The summed E-state index contributed by atoms with van der Waals surface area (Å²) < 4.78 is 10.6. The number of hydrogen-bond donors (Lipinski definition) is 4. The third kappa shape index (κ3) is 7.58. The van der Waals surface area contributed by atoms with E-state index in [0.717, 1.165) is 5.56 Å². The molecule has 0 unspecified atom stereocenters. The number of carbonyl (C=O) groups excluding carboxylic acids is 5. The Labute approximate surface area is 256 Å². The molecule has 44 heavy (non-hydrogen) atoms. The number of nitrogens with one attached hydrogen (secondary N) is 4. The van der Waals surface area contributed by atoms with Gasteiger partial charge < -0.3 is 35.3 Å². The topological polar surface area (TPSA) is 185 Å². The quantitative estimate of drug-likeness (QED) is 0.329. The van der Waals surface area contributed by atoms with E-state index < -0.39 is 54.4 Å². The Morgan fingerprint density at radius 3 is 2.55 bits per heavy atom. The van der Waals surface area contributed by atoms with Gasteiger partial charge in [0.05, 0.1) is 12.6 Å². The van der Waals surface area contributed by atoms with Gasteiger partial charge in [0.15, 0.2) is 5.69 Å². The van der Waals surface area contributed by atoms with E-state index in [4.69, 9.17) is 9.15 Å². The molecule has 0 radical (unpaired) electrons. The maximum Gasteiger partial charge on any atom is 0.407 e. The Bertz CT molecular complexity index is 1520. The highest BCUT2D eigenvalue weighted by atomic mass is 32.1. The molecule has 0 saturated carbocycles. The molecule has 1 saturated heterocycles. The predicted octanol–water partition coefficient (Wildman–Crippen LogP) is 1.73. The molecule has 0 spiro atoms. The first-order valence-corrected chi connectivity index (χ1v) is 15.1. The molecule has 3 aromatic rings. The van der Waals surface area contributed by atoms with Crippen molar-refractivity contribution in [1.82, 2.24) is 36.1 Å². The van der Waals surface area contributed by atoms with E-state index in [-0.39, 0.29) is 42.9 Å². The summed E-state index contributed by atoms with van der Waals surface area (Å²) in [5.74, 6) is -1.72. The van der Waals surface area contributed by atoms with Crippen molar-refractivity contribution in [3.63, 3.8) is 0 Å². The zero-order valence-corrected chi connectivity index (χ0v) is 25.0. The molecule has 232 valence electrons. The number of thiazole rings is 1. The van der Waals surface area contributed by atoms with Gasteiger partial charge >= 0.3 is 6.09 Å². The molecule has 3 atom stereocenters. The minimum atomic E-state index is -0.976. The monoisotopic (exact) mass is 623 g/mol. The highest BCUT2D eigenvalue weighted by Gasteiger charge is 2.34. The summed E-state index contributed by atoms with van der Waals surface area (Å²) >= 11 is 1.25. The van der Waals surface area contributed by atoms with Crippen molar-refractivity contribution in [3.05, 3.63) is 69.8 Å². The van der Waals surface area contributed by atoms with Crippen molar-refractivity contribution in [2.75, 3.05) is 26.2 Å². The van der Waals surface area contributed by atoms with Crippen LogP contribution in [0, 0.1) is 5.92 Å². The zero-order chi connectivity index (χ0) is 31.2. The number of hydrogen-bond acceptors (Lipinski definition) is 10. The Balaban J connectivity index is 1.46. The number of cyclic esters (lactones) is 1. The SMILES string of the molecule is CC(C)C[C@@H]1NC(=O)c2coc(n2)[C@H](Cc2ccccc2)NC(=O)CN(C(=O)[C@@H]2COC(=O)N2)CCNC(=O)c2csc1n2. The second-order valence-electron chi connectivity index (χ2n) is 10.9. The second-order valence-corrected chi connectivity index (χ2v) is 11.8. The number of nitrogens with zero attached hydrogens (tertiary/aromatic N) is 3. The first kappa shape index (κ1) is 30.7. The smallest absolute Gasteiger partial charge is 0.407 e. The number of oxazole rings is 1. The van der Waals surface area contributed by atoms with Gasteiger partial charge in [-0.2, -0.15) is 0 Å². The third-order valence-electron chi connectivity index (χ3n) is 7.02. The molecule has 1 aromatic carbocycles. The summed E-state index contributed by atoms with van der Waals surface area (Å²) in [6, 6.07) is 7.12. The van der Waals surface area contributed by atoms with Crippen LogP contribution in [0.3, 0.4) is 0 Å². The fraction of sp³-hybridized carbons (Fsp3) is 0.414. The van der Waals surface area contributed by atoms with Crippen molar-refractivity contribution in [2.45, 2.75) is 44.8 Å². The number of amides is 5. The second kappa shape index (κ2) is 13.7. The van der Waals surface area contributed by atoms with Crippen LogP contribution in [0.5, 0.6) is 0 Å². The van der Waals surface area contributed by atoms with Crippen LogP contribution in [0.15, 0.2) is 46.4 Å². The number of ether oxygens (including phenoxy) is 1. The highest BCUT2D eigenvalue weighted by molar-refractivity contribution is 7.09. The molecular weight excluding hydrogens is 590 g/mol. The van der Waals surface area contributed by atoms with Crippen molar-refractivity contribution >= 4 is 41.1 Å². The van der Waals surface area contributed by atoms with Crippen LogP contribution in [0.1, 0.15) is 69.8 Å². The number of alkyl carbamates (subject to hydrolysis) is 1. The molecular formula is C29H33N7O7S. The normalized spacial score (nSPS) is 21.4. The number of fused-ring (bicyclic) bond motifs is 4. The van der Waals surface area contributed by atoms with Crippen LogP contribution >= 0.6 is 11.3 Å². The van der Waals surface area contributed by atoms with Crippen LogP contribution < -0.4 is 21.3 Å². The molecule has 4 bridgehead atoms. The lowest BCUT2D eigenvalue weighted by Crippen LogP contribution is -2.51. The lowest BCUT2D eigenvalue weighted by molar-refractivity contribution is -0.137. The van der Waals surface area contributed by atoms with Gasteiger partial charge in [-0.15, -0.1) is 11.3 Å². The average molecular weight is 624 g/mol. The van der Waals surface area contributed by atoms with E-state index in [2.05, 4.69) is 31.2 Å². The van der Waals surface area contributed by atoms with E-state index in [9.17, 15) is 24.0 Å². The lowest BCUT2D eigenvalue weighted by atomic mass is 10.0. The molecule has 2 aliphatic rings. The Morgan fingerprint density at radius 1 is 1.02 bits per heavy atom. The van der Waals surface area contributed by atoms with Crippen LogP contribution in [0.2, 0.25) is 0 Å². The van der Waals surface area contributed by atoms with E-state index in [1.54, 1.807) is 5.38 Å². The summed E-state index contributed by atoms with van der Waals surface area (Å²) in [5.41, 5.74) is 1.06. The van der Waals surface area contributed by atoms with Gasteiger partial charge in [-0.05, 0) is 17.9 Å². The Kier molecular flexibility index (Phi) is 9.53. The number of rotatable bonds is 5. The molecule has 4 N–H and O–H groups in total. The molecule has 2 aliphatic heterocycles. The molecule has 0 aliphatic carbocycles. The van der Waals surface area contributed by atoms with E-state index >= 15 is 0 Å². The fourth-order valence-electron chi connectivity index (χ4n) is 4.89. The maximum atomic E-state index is 13.4. The van der Waals surface area contributed by atoms with Gasteiger partial charge in [-0.1, -0.05) is 44.2 Å². The van der Waals surface area contributed by atoms with Crippen molar-refractivity contribution in [2.24, 2.45) is 5.92 Å². The summed E-state index contributed by atoms with van der Waals surface area (Å²) in [5, 5.41) is 13.2. The van der Waals surface area contributed by atoms with Crippen LogP contribution in [-0.2, 0) is 20.7 Å². The molecule has 14 nitrogen and oxygen atoms in total. The van der Waals surface area contributed by atoms with E-state index in [1.807, 2.05) is 44.2 Å². The Hall–Kier alpha value is -4.79. The molecule has 5 rings (SSSR count). The summed E-state index contributed by atoms with van der Waals surface area (Å²) in [6.45, 7) is 3.44. The van der Waals surface area contributed by atoms with Crippen LogP contribution in [-0.4, -0.2) is 76.9 Å². The van der Waals surface area contributed by atoms with Crippen molar-refractivity contribution in [1.29, 1.82) is 0 Å². The summed E-state index contributed by atoms with van der Waals surface area (Å²) in [7, 11) is 0. The van der Waals surface area contributed by atoms with Gasteiger partial charge in [-0.25, -0.2) is 14.8 Å². The van der Waals surface area contributed by atoms with Crippen LogP contribution in [0.25, 0.3) is 0 Å². The number of benzene rings is 1. The van der Waals surface area contributed by atoms with Gasteiger partial charge in [0.1, 0.15) is 35.7 Å². The zero-order valence-electron chi connectivity index (χ0n) is 24.2. The Morgan fingerprint density at radius 2 is 1.82 bits per heavy atom. The fourth-order valence-corrected chi connectivity index (χ4v) is 5.75. The lowest BCUT2D eigenvalue weighted by Gasteiger charge is -2.25. The standard InChI is InChI=1S/C29H33N7O7S/c1-16(2)10-19-27-34-22(15-44-27)24(38)30-8-9-36(28(40)21-14-43-29(41)35-21)12-23(37)31-18(11-17-6-4-3-5-7-17)26-33-20(13-42-26)25(39)32-19/h3-7,13,15-16,18-19,21H,8-12,14H2,1-2H3,(H,30,38)(H,31,37)(H,32,39)(H,35,41)/t18-,19-,21-/m0/s1. The third-order valence-corrected chi connectivity index (χ3v) is 7.98. The minimum absolute atomic E-state index is 0.00887. The molecule has 5 amide bonds. The summed E-state index contributed by atoms with van der Waals surface area (Å²) in [6.07, 6.45) is 1.36. The van der Waals surface area contributed by atoms with Gasteiger partial charge in [0, 0.05) is 24.9 Å². The van der Waals surface area contributed by atoms with Crippen molar-refractivity contribution < 1.29 is 33.1 Å². The molecule has 4 heterocycles. The predicted molar refractivity (Wildman–Crippen MR) is 156 cm³/mol. The molecule has 2 aromatic heterocycles. The average Bonchev–Trinajstić information content (AvgIpc) is 3.77. The highest BCUT2D eigenvalue weighted by Crippen LogP contribution is 2.26. The first-order chi connectivity index (χ1) is 21.2. The number of carbonyl (C=O) groups is 5. The van der Waals surface area contributed by atoms with E-state index in [1.165, 1.54) is 22.5 Å². The van der Waals surface area contributed by atoms with Crippen LogP contribution in [0.4, 0.5) is 4.79 Å². The van der Waals surface area contributed by atoms with E-state index in [0.29, 0.717) is 17.8 Å². The van der Waals surface area contributed by atoms with Gasteiger partial charge in [0.25, 0.3) is 11.8 Å². The minimum Gasteiger partial charge on any atom is -0.447 e. The van der Waals surface area contributed by atoms with Crippen molar-refractivity contribution in [3.8, 4) is 0 Å².